The van der Waals surface area contributed by atoms with Crippen LogP contribution in [0.2, 0.25) is 0 Å². The number of carbonyl (C=O) groups is 2. The van der Waals surface area contributed by atoms with E-state index in [1.165, 1.54) is 51.4 Å². The van der Waals surface area contributed by atoms with Crippen molar-refractivity contribution in [2.45, 2.75) is 90.9 Å². The van der Waals surface area contributed by atoms with Crippen molar-refractivity contribution >= 4 is 35.0 Å². The van der Waals surface area contributed by atoms with Gasteiger partial charge >= 0.3 is 35.0 Å². The van der Waals surface area contributed by atoms with E-state index in [1.54, 1.807) is 24.3 Å². The summed E-state index contributed by atoms with van der Waals surface area (Å²) >= 11 is 0. The van der Waals surface area contributed by atoms with E-state index < -0.39 is 11.9 Å². The first-order valence-corrected chi connectivity index (χ1v) is 11.1. The molecule has 2 N–H and O–H groups in total. The van der Waals surface area contributed by atoms with Crippen LogP contribution in [0.25, 0.3) is 0 Å². The molecule has 0 radical (unpaired) electrons. The van der Waals surface area contributed by atoms with Crippen LogP contribution in [-0.2, 0) is 9.47 Å². The van der Waals surface area contributed by atoms with Gasteiger partial charge < -0.3 is 17.8 Å². The molecule has 0 bridgehead atoms. The first-order chi connectivity index (χ1) is 13.7. The van der Waals surface area contributed by atoms with E-state index in [-0.39, 0.29) is 31.4 Å². The fourth-order valence-electron chi connectivity index (χ4n) is 3.09. The molecule has 1 rings (SSSR count). The van der Waals surface area contributed by atoms with E-state index in [4.69, 9.17) is 9.47 Å². The number of benzene rings is 1. The van der Waals surface area contributed by atoms with Gasteiger partial charge in [0.1, 0.15) is 0 Å². The molecule has 0 aliphatic rings. The molecule has 1 aromatic rings. The number of rotatable bonds is 16. The summed E-state index contributed by atoms with van der Waals surface area (Å²) in [6.45, 7) is 5.17. The van der Waals surface area contributed by atoms with Crippen LogP contribution in [0, 0.1) is 0 Å². The molecule has 30 heavy (non-hydrogen) atoms. The van der Waals surface area contributed by atoms with E-state index in [9.17, 15) is 9.59 Å². The smallest absolute Gasteiger partial charge is 1.00 e. The molecule has 0 aliphatic heterocycles. The second kappa shape index (κ2) is 21.1. The maximum absolute atomic E-state index is 12.4. The predicted octanol–water partition coefficient (Wildman–Crippen LogP) is 5.74. The Kier molecular flexibility index (Phi) is 21.9. The van der Waals surface area contributed by atoms with Gasteiger partial charge in [-0.1, -0.05) is 90.2 Å². The van der Waals surface area contributed by atoms with Crippen LogP contribution in [0.15, 0.2) is 24.3 Å². The average molecular weight is 435 g/mol. The Morgan fingerprint density at radius 3 is 1.37 bits per heavy atom. The maximum atomic E-state index is 12.4. The summed E-state index contributed by atoms with van der Waals surface area (Å²) in [7, 11) is 0. The maximum Gasteiger partial charge on any atom is 2.00 e. The zero-order valence-electron chi connectivity index (χ0n) is 21.0. The second-order valence-electron chi connectivity index (χ2n) is 7.35. The third-order valence-electron chi connectivity index (χ3n) is 4.83. The van der Waals surface area contributed by atoms with Gasteiger partial charge in [-0.3, -0.25) is 0 Å². The molecule has 5 nitrogen and oxygen atoms in total. The summed E-state index contributed by atoms with van der Waals surface area (Å²) < 4.78 is 10.7. The molecule has 0 aliphatic carbocycles. The summed E-state index contributed by atoms with van der Waals surface area (Å²) in [6, 6.07) is 6.74. The fraction of sp³-hybridized carbons (Fsp3) is 0.667. The van der Waals surface area contributed by atoms with Gasteiger partial charge in [0.15, 0.2) is 0 Å². The van der Waals surface area contributed by atoms with Crippen molar-refractivity contribution in [1.82, 2.24) is 0 Å². The minimum Gasteiger partial charge on any atom is -1.00 e. The van der Waals surface area contributed by atoms with Crippen LogP contribution in [0.1, 0.15) is 114 Å². The van der Waals surface area contributed by atoms with Crippen LogP contribution in [0.3, 0.4) is 0 Å². The Hall–Kier alpha value is -1.11. The van der Waals surface area contributed by atoms with E-state index in [2.05, 4.69) is 13.8 Å². The Morgan fingerprint density at radius 2 is 1.00 bits per heavy atom. The number of hydrogen-bond acceptors (Lipinski definition) is 4. The Morgan fingerprint density at radius 1 is 0.667 bits per heavy atom. The minimum absolute atomic E-state index is 0. The van der Waals surface area contributed by atoms with E-state index >= 15 is 0 Å². The van der Waals surface area contributed by atoms with E-state index in [0.29, 0.717) is 24.3 Å². The summed E-state index contributed by atoms with van der Waals surface area (Å²) in [5.41, 5.74) is 0.586. The molecule has 1 aromatic carbocycles. The zero-order valence-corrected chi connectivity index (χ0v) is 20.5. The number of hydrogen-bond donors (Lipinski definition) is 0. The van der Waals surface area contributed by atoms with Gasteiger partial charge in [0.2, 0.25) is 0 Å². The molecule has 0 saturated heterocycles. The number of carbonyl (C=O) groups excluding carboxylic acids is 2. The van der Waals surface area contributed by atoms with Gasteiger partial charge in [0.05, 0.1) is 24.3 Å². The molecule has 0 unspecified atom stereocenters. The predicted molar refractivity (Wildman–Crippen MR) is 125 cm³/mol. The van der Waals surface area contributed by atoms with Gasteiger partial charge in [-0.15, -0.1) is 0 Å². The summed E-state index contributed by atoms with van der Waals surface area (Å²) in [5.74, 6) is -0.888. The SMILES string of the molecule is CCCCCCCCOC(=O)c1ccccc1C(=O)OCCCCCCCC.O.[H-].[H-].[Mg+2]. The molecule has 170 valence electrons. The second-order valence-corrected chi connectivity index (χ2v) is 7.35. The van der Waals surface area contributed by atoms with Gasteiger partial charge in [0.25, 0.3) is 0 Å². The number of esters is 2. The minimum atomic E-state index is -0.444. The molecule has 0 heterocycles. The van der Waals surface area contributed by atoms with Crippen molar-refractivity contribution < 1.29 is 27.4 Å². The molecule has 0 amide bonds. The van der Waals surface area contributed by atoms with Gasteiger partial charge in [-0.25, -0.2) is 9.59 Å². The van der Waals surface area contributed by atoms with Crippen molar-refractivity contribution in [3.05, 3.63) is 35.4 Å². The molecular weight excluding hydrogens is 393 g/mol. The van der Waals surface area contributed by atoms with Crippen molar-refractivity contribution in [2.24, 2.45) is 0 Å². The largest absolute Gasteiger partial charge is 2.00 e. The topological polar surface area (TPSA) is 84.1 Å². The Balaban J connectivity index is -0.000000980. The molecule has 0 atom stereocenters. The van der Waals surface area contributed by atoms with Crippen molar-refractivity contribution in [1.29, 1.82) is 0 Å². The van der Waals surface area contributed by atoms with Crippen LogP contribution in [0.5, 0.6) is 0 Å². The van der Waals surface area contributed by atoms with Crippen LogP contribution in [0.4, 0.5) is 0 Å². The number of unbranched alkanes of at least 4 members (excludes halogenated alkanes) is 10. The first kappa shape index (κ1) is 31.1. The Bertz CT molecular complexity index is 524. The summed E-state index contributed by atoms with van der Waals surface area (Å²) in [6.07, 6.45) is 13.6. The first-order valence-electron chi connectivity index (χ1n) is 11.1. The third-order valence-corrected chi connectivity index (χ3v) is 4.83. The van der Waals surface area contributed by atoms with Crippen LogP contribution >= 0.6 is 0 Å². The van der Waals surface area contributed by atoms with Gasteiger partial charge in [0, 0.05) is 0 Å². The molecule has 6 heteroatoms. The quantitative estimate of drug-likeness (QED) is 0.188. The standard InChI is InChI=1S/C24H38O4.Mg.H2O.2H/c1-3-5-7-9-11-15-19-27-23(25)21-17-13-14-18-22(21)24(26)28-20-16-12-10-8-6-4-2;;;;/h13-14,17-18H,3-12,15-16,19-20H2,1-2H3;;1H2;;/q;+2;;2*-1. The fourth-order valence-corrected chi connectivity index (χ4v) is 3.09. The third kappa shape index (κ3) is 14.0. The molecular formula is C24H42MgO5. The monoisotopic (exact) mass is 434 g/mol. The van der Waals surface area contributed by atoms with Crippen molar-refractivity contribution in [2.75, 3.05) is 13.2 Å². The van der Waals surface area contributed by atoms with E-state index in [0.717, 1.165) is 25.7 Å². The molecule has 0 saturated carbocycles. The molecule has 0 aromatic heterocycles. The van der Waals surface area contributed by atoms with Crippen molar-refractivity contribution in [3.63, 3.8) is 0 Å². The summed E-state index contributed by atoms with van der Waals surface area (Å²) in [4.78, 5) is 24.7. The van der Waals surface area contributed by atoms with Crippen LogP contribution in [-0.4, -0.2) is 53.7 Å². The summed E-state index contributed by atoms with van der Waals surface area (Å²) in [5, 5.41) is 0. The average Bonchev–Trinajstić information content (AvgIpc) is 2.72. The normalized spacial score (nSPS) is 9.93. The zero-order chi connectivity index (χ0) is 20.5. The van der Waals surface area contributed by atoms with Gasteiger partial charge in [-0.05, 0) is 25.0 Å². The molecule has 0 fully saturated rings. The van der Waals surface area contributed by atoms with Crippen molar-refractivity contribution in [3.8, 4) is 0 Å². The molecule has 0 spiro atoms. The Labute approximate surface area is 201 Å². The van der Waals surface area contributed by atoms with E-state index in [1.807, 2.05) is 0 Å². The van der Waals surface area contributed by atoms with Crippen LogP contribution < -0.4 is 0 Å². The van der Waals surface area contributed by atoms with Gasteiger partial charge in [-0.2, -0.15) is 0 Å². The number of ether oxygens (including phenoxy) is 2.